The number of oxazole rings is 1. The second-order valence-electron chi connectivity index (χ2n) is 3.31. The second-order valence-corrected chi connectivity index (χ2v) is 3.31. The predicted octanol–water partition coefficient (Wildman–Crippen LogP) is 2.07. The van der Waals surface area contributed by atoms with Gasteiger partial charge in [0.25, 0.3) is 0 Å². The van der Waals surface area contributed by atoms with Crippen LogP contribution in [0.25, 0.3) is 22.0 Å². The van der Waals surface area contributed by atoms with Crippen molar-refractivity contribution in [3.8, 4) is 0 Å². The van der Waals surface area contributed by atoms with Crippen LogP contribution in [-0.2, 0) is 0 Å². The maximum absolute atomic E-state index is 11.0. The number of hydrogen-bond acceptors (Lipinski definition) is 4. The zero-order valence-electron chi connectivity index (χ0n) is 8.04. The lowest BCUT2D eigenvalue weighted by molar-refractivity contribution is 0.0692. The molecule has 0 radical (unpaired) electrons. The van der Waals surface area contributed by atoms with E-state index in [1.54, 1.807) is 12.1 Å². The first kappa shape index (κ1) is 8.84. The van der Waals surface area contributed by atoms with Crippen LogP contribution >= 0.6 is 0 Å². The van der Waals surface area contributed by atoms with Gasteiger partial charge in [-0.1, -0.05) is 18.2 Å². The minimum Gasteiger partial charge on any atom is -0.476 e. The third kappa shape index (κ3) is 1.08. The number of carboxylic acids is 1. The molecule has 0 amide bonds. The highest BCUT2D eigenvalue weighted by atomic mass is 16.4. The Morgan fingerprint density at radius 2 is 2.12 bits per heavy atom. The summed E-state index contributed by atoms with van der Waals surface area (Å²) in [5, 5.41) is 9.80. The summed E-state index contributed by atoms with van der Waals surface area (Å²) in [4.78, 5) is 19.1. The van der Waals surface area contributed by atoms with Gasteiger partial charge in [0.1, 0.15) is 5.52 Å². The van der Waals surface area contributed by atoms with Crippen LogP contribution in [0.15, 0.2) is 35.1 Å². The number of benzene rings is 1. The predicted molar refractivity (Wildman–Crippen MR) is 56.3 cm³/mol. The topological polar surface area (TPSA) is 76.2 Å². The number of aromatic carboxylic acids is 1. The third-order valence-electron chi connectivity index (χ3n) is 2.38. The van der Waals surface area contributed by atoms with Gasteiger partial charge in [0.15, 0.2) is 17.7 Å². The number of carbonyl (C=O) groups is 1. The standard InChI is InChI=1S/C11H6N2O3/c14-11(15)9-10-8(12-5-16-10)6-3-1-2-4-7(6)13-9/h1-5H,(H,14,15). The van der Waals surface area contributed by atoms with Gasteiger partial charge in [-0.3, -0.25) is 0 Å². The van der Waals surface area contributed by atoms with E-state index in [0.717, 1.165) is 5.39 Å². The first-order valence-electron chi connectivity index (χ1n) is 4.62. The van der Waals surface area contributed by atoms with Crippen molar-refractivity contribution in [3.63, 3.8) is 0 Å². The van der Waals surface area contributed by atoms with Crippen molar-refractivity contribution in [1.82, 2.24) is 9.97 Å². The fourth-order valence-corrected chi connectivity index (χ4v) is 1.69. The zero-order valence-corrected chi connectivity index (χ0v) is 8.04. The second kappa shape index (κ2) is 3.03. The fourth-order valence-electron chi connectivity index (χ4n) is 1.69. The largest absolute Gasteiger partial charge is 0.476 e. The molecule has 0 bridgehead atoms. The Hall–Kier alpha value is -2.43. The molecule has 1 aromatic carbocycles. The third-order valence-corrected chi connectivity index (χ3v) is 2.38. The van der Waals surface area contributed by atoms with Crippen LogP contribution in [0.5, 0.6) is 0 Å². The number of aromatic nitrogens is 2. The monoisotopic (exact) mass is 214 g/mol. The SMILES string of the molecule is O=C(O)c1nc2ccccc2c2ncoc12. The van der Waals surface area contributed by atoms with Gasteiger partial charge in [-0.25, -0.2) is 14.8 Å². The Bertz CT molecular complexity index is 703. The molecule has 1 N–H and O–H groups in total. The van der Waals surface area contributed by atoms with Crippen LogP contribution in [0.2, 0.25) is 0 Å². The van der Waals surface area contributed by atoms with E-state index in [4.69, 9.17) is 9.52 Å². The van der Waals surface area contributed by atoms with Crippen molar-refractivity contribution in [3.05, 3.63) is 36.4 Å². The molecule has 5 heteroatoms. The Balaban J connectivity index is 2.58. The lowest BCUT2D eigenvalue weighted by Gasteiger charge is -1.99. The molecule has 0 spiro atoms. The van der Waals surface area contributed by atoms with Gasteiger partial charge in [0, 0.05) is 5.39 Å². The minimum absolute atomic E-state index is 0.105. The molecule has 2 heterocycles. The molecule has 3 aromatic rings. The van der Waals surface area contributed by atoms with E-state index in [1.807, 2.05) is 12.1 Å². The smallest absolute Gasteiger partial charge is 0.358 e. The maximum Gasteiger partial charge on any atom is 0.358 e. The van der Waals surface area contributed by atoms with Gasteiger partial charge < -0.3 is 9.52 Å². The normalized spacial score (nSPS) is 11.0. The van der Waals surface area contributed by atoms with E-state index in [1.165, 1.54) is 6.39 Å². The highest BCUT2D eigenvalue weighted by Gasteiger charge is 2.17. The summed E-state index contributed by atoms with van der Waals surface area (Å²) in [5.41, 5.74) is 1.24. The van der Waals surface area contributed by atoms with E-state index >= 15 is 0 Å². The summed E-state index contributed by atoms with van der Waals surface area (Å²) < 4.78 is 5.06. The summed E-state index contributed by atoms with van der Waals surface area (Å²) in [6.07, 6.45) is 1.23. The number of rotatable bonds is 1. The Morgan fingerprint density at radius 3 is 2.94 bits per heavy atom. The molecular weight excluding hydrogens is 208 g/mol. The lowest BCUT2D eigenvalue weighted by atomic mass is 10.1. The number of carboxylic acid groups (broad SMARTS) is 1. The van der Waals surface area contributed by atoms with E-state index < -0.39 is 5.97 Å². The van der Waals surface area contributed by atoms with Gasteiger partial charge in [-0.15, -0.1) is 0 Å². The maximum atomic E-state index is 11.0. The summed E-state index contributed by atoms with van der Waals surface area (Å²) in [5.74, 6) is -1.12. The van der Waals surface area contributed by atoms with Crippen molar-refractivity contribution < 1.29 is 14.3 Å². The first-order valence-corrected chi connectivity index (χ1v) is 4.62. The fraction of sp³-hybridized carbons (Fsp3) is 0. The molecule has 16 heavy (non-hydrogen) atoms. The quantitative estimate of drug-likeness (QED) is 0.671. The molecule has 0 fully saturated rings. The summed E-state index contributed by atoms with van der Waals surface area (Å²) in [6, 6.07) is 7.22. The number of nitrogens with zero attached hydrogens (tertiary/aromatic N) is 2. The molecule has 2 aromatic heterocycles. The number of fused-ring (bicyclic) bond motifs is 3. The number of para-hydroxylation sites is 1. The van der Waals surface area contributed by atoms with E-state index in [9.17, 15) is 4.79 Å². The van der Waals surface area contributed by atoms with Crippen molar-refractivity contribution in [2.45, 2.75) is 0 Å². The van der Waals surface area contributed by atoms with Crippen LogP contribution in [0.3, 0.4) is 0 Å². The summed E-state index contributed by atoms with van der Waals surface area (Å²) in [7, 11) is 0. The average molecular weight is 214 g/mol. The highest BCUT2D eigenvalue weighted by molar-refractivity contribution is 6.08. The van der Waals surface area contributed by atoms with Gasteiger partial charge in [0.05, 0.1) is 5.52 Å². The van der Waals surface area contributed by atoms with Crippen LogP contribution in [0.1, 0.15) is 10.5 Å². The molecular formula is C11H6N2O3. The minimum atomic E-state index is -1.12. The zero-order chi connectivity index (χ0) is 11.1. The molecule has 78 valence electrons. The van der Waals surface area contributed by atoms with E-state index in [-0.39, 0.29) is 11.3 Å². The molecule has 0 saturated heterocycles. The highest BCUT2D eigenvalue weighted by Crippen LogP contribution is 2.24. The van der Waals surface area contributed by atoms with E-state index in [2.05, 4.69) is 9.97 Å². The van der Waals surface area contributed by atoms with Crippen LogP contribution in [-0.4, -0.2) is 21.0 Å². The van der Waals surface area contributed by atoms with Gasteiger partial charge in [-0.2, -0.15) is 0 Å². The van der Waals surface area contributed by atoms with Gasteiger partial charge in [-0.05, 0) is 6.07 Å². The number of pyridine rings is 1. The molecule has 5 nitrogen and oxygen atoms in total. The Morgan fingerprint density at radius 1 is 1.31 bits per heavy atom. The molecule has 3 rings (SSSR count). The molecule has 0 unspecified atom stereocenters. The Labute approximate surface area is 89.3 Å². The van der Waals surface area contributed by atoms with Crippen molar-refractivity contribution in [1.29, 1.82) is 0 Å². The molecule has 0 aliphatic rings. The molecule has 0 saturated carbocycles. The molecule has 0 aliphatic carbocycles. The van der Waals surface area contributed by atoms with E-state index in [0.29, 0.717) is 11.0 Å². The van der Waals surface area contributed by atoms with Crippen molar-refractivity contribution in [2.75, 3.05) is 0 Å². The van der Waals surface area contributed by atoms with Gasteiger partial charge >= 0.3 is 5.97 Å². The van der Waals surface area contributed by atoms with Crippen LogP contribution in [0.4, 0.5) is 0 Å². The molecule has 0 atom stereocenters. The lowest BCUT2D eigenvalue weighted by Crippen LogP contribution is -2.01. The molecule has 0 aliphatic heterocycles. The van der Waals surface area contributed by atoms with Crippen LogP contribution in [0, 0.1) is 0 Å². The average Bonchev–Trinajstić information content (AvgIpc) is 2.76. The summed E-state index contributed by atoms with van der Waals surface area (Å²) in [6.45, 7) is 0. The Kier molecular flexibility index (Phi) is 1.67. The first-order chi connectivity index (χ1) is 7.77. The van der Waals surface area contributed by atoms with Crippen molar-refractivity contribution in [2.24, 2.45) is 0 Å². The van der Waals surface area contributed by atoms with Gasteiger partial charge in [0.2, 0.25) is 0 Å². The summed E-state index contributed by atoms with van der Waals surface area (Å²) >= 11 is 0. The van der Waals surface area contributed by atoms with Crippen molar-refractivity contribution >= 4 is 28.0 Å². The number of hydrogen-bond donors (Lipinski definition) is 1. The van der Waals surface area contributed by atoms with Crippen LogP contribution < -0.4 is 0 Å².